The van der Waals surface area contributed by atoms with Gasteiger partial charge in [0.05, 0.1) is 5.69 Å². The predicted octanol–water partition coefficient (Wildman–Crippen LogP) is 1.44. The number of hydrogen-bond acceptors (Lipinski definition) is 4. The molecule has 1 heterocycles. The lowest BCUT2D eigenvalue weighted by molar-refractivity contribution is 0.1000. The molecule has 0 saturated heterocycles. The van der Waals surface area contributed by atoms with Gasteiger partial charge in [-0.2, -0.15) is 5.10 Å². The first kappa shape index (κ1) is 14.9. The largest absolute Gasteiger partial charge is 0.399 e. The maximum Gasteiger partial charge on any atom is 0.254 e. The summed E-state index contributed by atoms with van der Waals surface area (Å²) in [5.41, 5.74) is 14.2. The Kier molecular flexibility index (Phi) is 4.16. The highest BCUT2D eigenvalue weighted by molar-refractivity contribution is 5.99. The van der Waals surface area contributed by atoms with Gasteiger partial charge < -0.3 is 16.4 Å². The van der Waals surface area contributed by atoms with E-state index >= 15 is 0 Å². The Morgan fingerprint density at radius 3 is 2.71 bits per heavy atom. The summed E-state index contributed by atoms with van der Waals surface area (Å²) >= 11 is 0. The van der Waals surface area contributed by atoms with Gasteiger partial charge in [-0.1, -0.05) is 12.1 Å². The van der Waals surface area contributed by atoms with Crippen molar-refractivity contribution in [1.82, 2.24) is 9.78 Å². The molecular formula is C15H21N5O. The molecule has 6 heteroatoms. The standard InChI is InChI=1S/C15H21N5O/c1-4-20(9-11-6-5-7-12(16)8-11)15-13(14(17)21)10(2)18-19(15)3/h5-8H,4,9,16H2,1-3H3,(H2,17,21). The molecule has 1 amide bonds. The van der Waals surface area contributed by atoms with Crippen LogP contribution in [0, 0.1) is 6.92 Å². The fraction of sp³-hybridized carbons (Fsp3) is 0.333. The van der Waals surface area contributed by atoms with Crippen molar-refractivity contribution in [3.63, 3.8) is 0 Å². The van der Waals surface area contributed by atoms with Gasteiger partial charge >= 0.3 is 0 Å². The van der Waals surface area contributed by atoms with Crippen LogP contribution >= 0.6 is 0 Å². The Bertz CT molecular complexity index is 662. The Hall–Kier alpha value is -2.50. The first-order valence-corrected chi connectivity index (χ1v) is 6.86. The summed E-state index contributed by atoms with van der Waals surface area (Å²) in [6, 6.07) is 7.70. The maximum atomic E-state index is 11.7. The number of primary amides is 1. The van der Waals surface area contributed by atoms with Crippen LogP contribution in [0.15, 0.2) is 24.3 Å². The Morgan fingerprint density at radius 1 is 1.43 bits per heavy atom. The summed E-state index contributed by atoms with van der Waals surface area (Å²) in [4.78, 5) is 13.8. The van der Waals surface area contributed by atoms with Gasteiger partial charge in [0.25, 0.3) is 5.91 Å². The molecular weight excluding hydrogens is 266 g/mol. The maximum absolute atomic E-state index is 11.7. The van der Waals surface area contributed by atoms with E-state index in [9.17, 15) is 4.79 Å². The van der Waals surface area contributed by atoms with Crippen LogP contribution in [-0.2, 0) is 13.6 Å². The first-order chi connectivity index (χ1) is 9.93. The highest BCUT2D eigenvalue weighted by Gasteiger charge is 2.22. The summed E-state index contributed by atoms with van der Waals surface area (Å²) < 4.78 is 1.70. The topological polar surface area (TPSA) is 90.2 Å². The number of nitrogens with two attached hydrogens (primary N) is 2. The van der Waals surface area contributed by atoms with Crippen molar-refractivity contribution in [2.75, 3.05) is 17.2 Å². The number of benzene rings is 1. The molecule has 0 spiro atoms. The Balaban J connectivity index is 2.40. The predicted molar refractivity (Wildman–Crippen MR) is 84.0 cm³/mol. The van der Waals surface area contributed by atoms with E-state index in [2.05, 4.69) is 10.00 Å². The number of carbonyl (C=O) groups excluding carboxylic acids is 1. The third-order valence-corrected chi connectivity index (χ3v) is 3.44. The number of nitrogens with zero attached hydrogens (tertiary/aromatic N) is 3. The molecule has 0 radical (unpaired) electrons. The van der Waals surface area contributed by atoms with Gasteiger partial charge in [-0.05, 0) is 31.5 Å². The van der Waals surface area contributed by atoms with Crippen molar-refractivity contribution in [2.24, 2.45) is 12.8 Å². The first-order valence-electron chi connectivity index (χ1n) is 6.86. The third kappa shape index (κ3) is 2.99. The highest BCUT2D eigenvalue weighted by atomic mass is 16.1. The van der Waals surface area contributed by atoms with E-state index in [0.717, 1.165) is 23.6 Å². The molecule has 0 saturated carbocycles. The second-order valence-corrected chi connectivity index (χ2v) is 5.03. The van der Waals surface area contributed by atoms with E-state index in [1.807, 2.05) is 38.2 Å². The molecule has 4 N–H and O–H groups in total. The zero-order valence-electron chi connectivity index (χ0n) is 12.6. The minimum absolute atomic E-state index is 0.457. The molecule has 112 valence electrons. The minimum Gasteiger partial charge on any atom is -0.399 e. The normalized spacial score (nSPS) is 10.6. The molecule has 0 bridgehead atoms. The van der Waals surface area contributed by atoms with Gasteiger partial charge in [0.15, 0.2) is 0 Å². The number of carbonyl (C=O) groups is 1. The van der Waals surface area contributed by atoms with Gasteiger partial charge in [-0.25, -0.2) is 0 Å². The quantitative estimate of drug-likeness (QED) is 0.814. The Labute approximate surface area is 124 Å². The monoisotopic (exact) mass is 287 g/mol. The molecule has 21 heavy (non-hydrogen) atoms. The average molecular weight is 287 g/mol. The molecule has 0 aliphatic carbocycles. The van der Waals surface area contributed by atoms with Gasteiger partial charge in [0.2, 0.25) is 0 Å². The molecule has 2 aromatic rings. The van der Waals surface area contributed by atoms with Crippen LogP contribution < -0.4 is 16.4 Å². The van der Waals surface area contributed by atoms with Crippen molar-refractivity contribution >= 4 is 17.4 Å². The SMILES string of the molecule is CCN(Cc1cccc(N)c1)c1c(C(N)=O)c(C)nn1C. The van der Waals surface area contributed by atoms with Crippen LogP contribution in [0.25, 0.3) is 0 Å². The van der Waals surface area contributed by atoms with Gasteiger partial charge in [-0.15, -0.1) is 0 Å². The number of anilines is 2. The number of hydrogen-bond donors (Lipinski definition) is 2. The summed E-state index contributed by atoms with van der Waals surface area (Å²) in [5, 5.41) is 4.31. The second kappa shape index (κ2) is 5.87. The van der Waals surface area contributed by atoms with E-state index in [1.54, 1.807) is 11.6 Å². The fourth-order valence-corrected chi connectivity index (χ4v) is 2.55. The minimum atomic E-state index is -0.457. The van der Waals surface area contributed by atoms with Crippen LogP contribution in [0.1, 0.15) is 28.5 Å². The third-order valence-electron chi connectivity index (χ3n) is 3.44. The van der Waals surface area contributed by atoms with Crippen LogP contribution in [-0.4, -0.2) is 22.2 Å². The highest BCUT2D eigenvalue weighted by Crippen LogP contribution is 2.24. The molecule has 1 aromatic heterocycles. The lowest BCUT2D eigenvalue weighted by atomic mass is 10.1. The van der Waals surface area contributed by atoms with Crippen molar-refractivity contribution in [2.45, 2.75) is 20.4 Å². The van der Waals surface area contributed by atoms with E-state index < -0.39 is 5.91 Å². The van der Waals surface area contributed by atoms with Crippen molar-refractivity contribution in [3.8, 4) is 0 Å². The number of rotatable bonds is 5. The number of aromatic nitrogens is 2. The lowest BCUT2D eigenvalue weighted by Crippen LogP contribution is -2.27. The number of amides is 1. The summed E-state index contributed by atoms with van der Waals surface area (Å²) in [6.07, 6.45) is 0. The molecule has 2 rings (SSSR count). The van der Waals surface area contributed by atoms with Crippen molar-refractivity contribution < 1.29 is 4.79 Å². The smallest absolute Gasteiger partial charge is 0.254 e. The van der Waals surface area contributed by atoms with Crippen LogP contribution in [0.5, 0.6) is 0 Å². The molecule has 1 aromatic carbocycles. The fourth-order valence-electron chi connectivity index (χ4n) is 2.55. The number of aryl methyl sites for hydroxylation is 2. The van der Waals surface area contributed by atoms with E-state index in [1.165, 1.54) is 0 Å². The second-order valence-electron chi connectivity index (χ2n) is 5.03. The summed E-state index contributed by atoms with van der Waals surface area (Å²) in [5.74, 6) is 0.284. The van der Waals surface area contributed by atoms with E-state index in [0.29, 0.717) is 17.8 Å². The van der Waals surface area contributed by atoms with Gasteiger partial charge in [-0.3, -0.25) is 9.48 Å². The summed E-state index contributed by atoms with van der Waals surface area (Å²) in [7, 11) is 1.82. The molecule has 0 aliphatic heterocycles. The van der Waals surface area contributed by atoms with E-state index in [-0.39, 0.29) is 0 Å². The van der Waals surface area contributed by atoms with Gasteiger partial charge in [0, 0.05) is 25.8 Å². The van der Waals surface area contributed by atoms with Crippen molar-refractivity contribution in [3.05, 3.63) is 41.1 Å². The zero-order valence-corrected chi connectivity index (χ0v) is 12.6. The number of nitrogen functional groups attached to an aromatic ring is 1. The zero-order chi connectivity index (χ0) is 15.6. The summed E-state index contributed by atoms with van der Waals surface area (Å²) in [6.45, 7) is 5.19. The van der Waals surface area contributed by atoms with Gasteiger partial charge in [0.1, 0.15) is 11.4 Å². The van der Waals surface area contributed by atoms with Crippen molar-refractivity contribution in [1.29, 1.82) is 0 Å². The molecule has 0 fully saturated rings. The average Bonchev–Trinajstić information content (AvgIpc) is 2.71. The van der Waals surface area contributed by atoms with E-state index in [4.69, 9.17) is 11.5 Å². The molecule has 0 aliphatic rings. The van der Waals surface area contributed by atoms with Crippen LogP contribution in [0.3, 0.4) is 0 Å². The van der Waals surface area contributed by atoms with Crippen LogP contribution in [0.2, 0.25) is 0 Å². The Morgan fingerprint density at radius 2 is 2.14 bits per heavy atom. The molecule has 0 atom stereocenters. The molecule has 6 nitrogen and oxygen atoms in total. The molecule has 0 unspecified atom stereocenters. The lowest BCUT2D eigenvalue weighted by Gasteiger charge is -2.24. The van der Waals surface area contributed by atoms with Crippen LogP contribution in [0.4, 0.5) is 11.5 Å².